The molecule has 0 heterocycles. The summed E-state index contributed by atoms with van der Waals surface area (Å²) in [7, 11) is 1.62. The van der Waals surface area contributed by atoms with E-state index in [1.165, 1.54) is 0 Å². The van der Waals surface area contributed by atoms with Gasteiger partial charge in [0, 0.05) is 18.6 Å². The minimum absolute atomic E-state index is 0.0344. The first kappa shape index (κ1) is 13.6. The lowest BCUT2D eigenvalue weighted by molar-refractivity contribution is -0.119. The van der Waals surface area contributed by atoms with Gasteiger partial charge in [0.05, 0.1) is 17.9 Å². The van der Waals surface area contributed by atoms with Crippen molar-refractivity contribution in [2.45, 2.75) is 13.3 Å². The molecule has 3 N–H and O–H groups in total. The minimum atomic E-state index is -0.0344. The van der Waals surface area contributed by atoms with E-state index in [4.69, 9.17) is 17.3 Å². The molecule has 0 radical (unpaired) electrons. The summed E-state index contributed by atoms with van der Waals surface area (Å²) in [6.07, 6.45) is 0.944. The van der Waals surface area contributed by atoms with Crippen LogP contribution in [0.5, 0.6) is 0 Å². The van der Waals surface area contributed by atoms with Gasteiger partial charge in [-0.1, -0.05) is 18.5 Å². The third kappa shape index (κ3) is 3.82. The summed E-state index contributed by atoms with van der Waals surface area (Å²) in [4.78, 5) is 13.4. The number of halogens is 1. The number of carbonyl (C=O) groups is 1. The molecule has 0 atom stereocenters. The zero-order valence-electron chi connectivity index (χ0n) is 10.2. The fraction of sp³-hybridized carbons (Fsp3) is 0.417. The van der Waals surface area contributed by atoms with Crippen molar-refractivity contribution < 1.29 is 4.79 Å². The second-order valence-corrected chi connectivity index (χ2v) is 4.23. The Morgan fingerprint density at radius 2 is 2.24 bits per heavy atom. The molecule has 0 saturated carbocycles. The molecule has 0 unspecified atom stereocenters. The summed E-state index contributed by atoms with van der Waals surface area (Å²) in [6.45, 7) is 3.14. The number of nitrogens with two attached hydrogens (primary N) is 1. The lowest BCUT2D eigenvalue weighted by Gasteiger charge is -2.24. The second-order valence-electron chi connectivity index (χ2n) is 3.80. The monoisotopic (exact) mass is 255 g/mol. The molecule has 1 rings (SSSR count). The molecule has 0 spiro atoms. The quantitative estimate of drug-likeness (QED) is 0.790. The lowest BCUT2D eigenvalue weighted by Crippen LogP contribution is -2.36. The van der Waals surface area contributed by atoms with Gasteiger partial charge < -0.3 is 16.0 Å². The molecule has 0 aromatic heterocycles. The van der Waals surface area contributed by atoms with Crippen LogP contribution < -0.4 is 16.0 Å². The first-order valence-electron chi connectivity index (χ1n) is 5.59. The average Bonchev–Trinajstić information content (AvgIpc) is 2.28. The Hall–Kier alpha value is -1.42. The molecule has 0 saturated heterocycles. The fourth-order valence-electron chi connectivity index (χ4n) is 1.62. The largest absolute Gasteiger partial charge is 0.397 e. The number of benzene rings is 1. The standard InChI is InChI=1S/C12H18ClN3O/c1-3-6-16(8-12(17)15-2)11-5-4-9(13)7-10(11)14/h4-5,7H,3,6,8,14H2,1-2H3,(H,15,17). The van der Waals surface area contributed by atoms with Crippen molar-refractivity contribution in [3.8, 4) is 0 Å². The summed E-state index contributed by atoms with van der Waals surface area (Å²) >= 11 is 5.85. The van der Waals surface area contributed by atoms with Gasteiger partial charge in [0.15, 0.2) is 0 Å². The normalized spacial score (nSPS) is 10.1. The van der Waals surface area contributed by atoms with Crippen molar-refractivity contribution in [2.24, 2.45) is 0 Å². The molecule has 0 bridgehead atoms. The second kappa shape index (κ2) is 6.35. The Kier molecular flexibility index (Phi) is 5.10. The van der Waals surface area contributed by atoms with Gasteiger partial charge in [-0.3, -0.25) is 4.79 Å². The highest BCUT2D eigenvalue weighted by Crippen LogP contribution is 2.26. The van der Waals surface area contributed by atoms with E-state index in [2.05, 4.69) is 12.2 Å². The van der Waals surface area contributed by atoms with Crippen molar-refractivity contribution in [1.82, 2.24) is 5.32 Å². The maximum absolute atomic E-state index is 11.4. The molecule has 0 aliphatic rings. The Morgan fingerprint density at radius 3 is 2.76 bits per heavy atom. The number of nitrogen functional groups attached to an aromatic ring is 1. The molecule has 0 aliphatic heterocycles. The van der Waals surface area contributed by atoms with Crippen molar-refractivity contribution in [3.63, 3.8) is 0 Å². The van der Waals surface area contributed by atoms with Crippen LogP contribution in [0.4, 0.5) is 11.4 Å². The number of anilines is 2. The van der Waals surface area contributed by atoms with Crippen LogP contribution in [-0.4, -0.2) is 26.0 Å². The number of rotatable bonds is 5. The molecular weight excluding hydrogens is 238 g/mol. The number of carbonyl (C=O) groups excluding carboxylic acids is 1. The van der Waals surface area contributed by atoms with Gasteiger partial charge >= 0.3 is 0 Å². The zero-order chi connectivity index (χ0) is 12.8. The predicted molar refractivity (Wildman–Crippen MR) is 72.4 cm³/mol. The number of amides is 1. The molecule has 1 aromatic rings. The smallest absolute Gasteiger partial charge is 0.239 e. The summed E-state index contributed by atoms with van der Waals surface area (Å²) in [5.74, 6) is -0.0344. The lowest BCUT2D eigenvalue weighted by atomic mass is 10.2. The van der Waals surface area contributed by atoms with E-state index in [1.807, 2.05) is 11.0 Å². The highest BCUT2D eigenvalue weighted by Gasteiger charge is 2.12. The van der Waals surface area contributed by atoms with E-state index in [0.717, 1.165) is 18.7 Å². The van der Waals surface area contributed by atoms with Crippen LogP contribution >= 0.6 is 11.6 Å². The highest BCUT2D eigenvalue weighted by molar-refractivity contribution is 6.31. The number of nitrogens with zero attached hydrogens (tertiary/aromatic N) is 1. The molecular formula is C12H18ClN3O. The first-order chi connectivity index (χ1) is 8.08. The van der Waals surface area contributed by atoms with Crippen LogP contribution in [0.1, 0.15) is 13.3 Å². The maximum Gasteiger partial charge on any atom is 0.239 e. The van der Waals surface area contributed by atoms with Crippen molar-refractivity contribution in [2.75, 3.05) is 30.8 Å². The molecule has 5 heteroatoms. The number of nitrogens with one attached hydrogen (secondary N) is 1. The zero-order valence-corrected chi connectivity index (χ0v) is 10.9. The van der Waals surface area contributed by atoms with Crippen LogP contribution in [0.3, 0.4) is 0 Å². The Balaban J connectivity index is 2.92. The van der Waals surface area contributed by atoms with Gasteiger partial charge in [-0.2, -0.15) is 0 Å². The van der Waals surface area contributed by atoms with Crippen LogP contribution in [-0.2, 0) is 4.79 Å². The molecule has 0 aliphatic carbocycles. The molecule has 1 amide bonds. The van der Waals surface area contributed by atoms with Crippen LogP contribution in [0.25, 0.3) is 0 Å². The molecule has 94 valence electrons. The summed E-state index contributed by atoms with van der Waals surface area (Å²) in [6, 6.07) is 5.32. The first-order valence-corrected chi connectivity index (χ1v) is 5.96. The topological polar surface area (TPSA) is 58.4 Å². The van der Waals surface area contributed by atoms with Gasteiger partial charge in [-0.15, -0.1) is 0 Å². The van der Waals surface area contributed by atoms with Gasteiger partial charge in [0.25, 0.3) is 0 Å². The van der Waals surface area contributed by atoms with E-state index < -0.39 is 0 Å². The SMILES string of the molecule is CCCN(CC(=O)NC)c1ccc(Cl)cc1N. The van der Waals surface area contributed by atoms with Crippen molar-refractivity contribution >= 4 is 28.9 Å². The van der Waals surface area contributed by atoms with Crippen LogP contribution in [0, 0.1) is 0 Å². The Morgan fingerprint density at radius 1 is 1.53 bits per heavy atom. The van der Waals surface area contributed by atoms with E-state index in [0.29, 0.717) is 17.3 Å². The third-order valence-electron chi connectivity index (χ3n) is 2.44. The average molecular weight is 256 g/mol. The number of hydrogen-bond donors (Lipinski definition) is 2. The molecule has 17 heavy (non-hydrogen) atoms. The summed E-state index contributed by atoms with van der Waals surface area (Å²) in [5, 5.41) is 3.21. The number of likely N-dealkylation sites (N-methyl/N-ethyl adjacent to an activating group) is 1. The van der Waals surface area contributed by atoms with Gasteiger partial charge in [-0.05, 0) is 24.6 Å². The molecule has 1 aromatic carbocycles. The van der Waals surface area contributed by atoms with E-state index in [-0.39, 0.29) is 5.91 Å². The van der Waals surface area contributed by atoms with E-state index >= 15 is 0 Å². The van der Waals surface area contributed by atoms with Gasteiger partial charge in [0.1, 0.15) is 0 Å². The molecule has 0 fully saturated rings. The minimum Gasteiger partial charge on any atom is -0.397 e. The van der Waals surface area contributed by atoms with Crippen LogP contribution in [0.2, 0.25) is 5.02 Å². The molecule has 4 nitrogen and oxygen atoms in total. The summed E-state index contributed by atoms with van der Waals surface area (Å²) < 4.78 is 0. The predicted octanol–water partition coefficient (Wildman–Crippen LogP) is 1.88. The van der Waals surface area contributed by atoms with Crippen molar-refractivity contribution in [1.29, 1.82) is 0 Å². The van der Waals surface area contributed by atoms with Crippen molar-refractivity contribution in [3.05, 3.63) is 23.2 Å². The van der Waals surface area contributed by atoms with E-state index in [9.17, 15) is 4.79 Å². The maximum atomic E-state index is 11.4. The Bertz CT molecular complexity index is 395. The number of hydrogen-bond acceptors (Lipinski definition) is 3. The third-order valence-corrected chi connectivity index (χ3v) is 2.67. The van der Waals surface area contributed by atoms with E-state index in [1.54, 1.807) is 19.2 Å². The fourth-order valence-corrected chi connectivity index (χ4v) is 1.80. The van der Waals surface area contributed by atoms with Crippen LogP contribution in [0.15, 0.2) is 18.2 Å². The van der Waals surface area contributed by atoms with Gasteiger partial charge in [-0.25, -0.2) is 0 Å². The highest BCUT2D eigenvalue weighted by atomic mass is 35.5. The Labute approximate surface area is 107 Å². The summed E-state index contributed by atoms with van der Waals surface area (Å²) in [5.41, 5.74) is 7.35. The van der Waals surface area contributed by atoms with Gasteiger partial charge in [0.2, 0.25) is 5.91 Å².